The van der Waals surface area contributed by atoms with Crippen molar-refractivity contribution >= 4 is 71.0 Å². The van der Waals surface area contributed by atoms with Crippen LogP contribution in [-0.4, -0.2) is 99.9 Å². The molecule has 0 fully saturated rings. The number of benzene rings is 5. The number of aromatic nitrogens is 2. The average molecular weight is 1070 g/mol. The molecule has 0 saturated carbocycles. The van der Waals surface area contributed by atoms with Crippen LogP contribution < -0.4 is 24.0 Å². The van der Waals surface area contributed by atoms with E-state index >= 15 is 0 Å². The van der Waals surface area contributed by atoms with Gasteiger partial charge in [0, 0.05) is 32.4 Å². The number of anilines is 3. The van der Waals surface area contributed by atoms with Crippen molar-refractivity contribution in [3.63, 3.8) is 0 Å². The third-order valence-electron chi connectivity index (χ3n) is 12.3. The summed E-state index contributed by atoms with van der Waals surface area (Å²) in [4.78, 5) is 62.4. The maximum atomic E-state index is 13.4. The van der Waals surface area contributed by atoms with E-state index in [0.717, 1.165) is 25.3 Å². The molecule has 4 aliphatic heterocycles. The van der Waals surface area contributed by atoms with E-state index in [1.807, 2.05) is 40.8 Å². The molecule has 20 nitrogen and oxygen atoms in total. The molecular formula is C52H45N7O13S3. The summed E-state index contributed by atoms with van der Waals surface area (Å²) >= 11 is 0. The van der Waals surface area contributed by atoms with Crippen molar-refractivity contribution in [3.8, 4) is 17.2 Å². The number of carbonyl (C=O) groups excluding carboxylic acids is 4. The zero-order chi connectivity index (χ0) is 53.4. The number of aromatic hydroxyl groups is 1. The van der Waals surface area contributed by atoms with Crippen molar-refractivity contribution in [2.75, 3.05) is 37.1 Å². The maximum Gasteiger partial charge on any atom is 0.269 e. The van der Waals surface area contributed by atoms with Gasteiger partial charge in [0.05, 0.1) is 54.7 Å². The molecule has 0 bridgehead atoms. The minimum atomic E-state index is -3.95. The fourth-order valence-electron chi connectivity index (χ4n) is 8.56. The van der Waals surface area contributed by atoms with Gasteiger partial charge in [-0.05, 0) is 96.4 Å². The molecule has 0 atom stereocenters. The van der Waals surface area contributed by atoms with Crippen LogP contribution in [0.2, 0.25) is 0 Å². The van der Waals surface area contributed by atoms with Crippen molar-refractivity contribution in [2.45, 2.75) is 41.1 Å². The Kier molecular flexibility index (Phi) is 13.9. The molecule has 0 unspecified atom stereocenters. The second-order valence-corrected chi connectivity index (χ2v) is 22.3. The van der Waals surface area contributed by atoms with E-state index in [0.29, 0.717) is 47.4 Å². The molecule has 4 aliphatic rings. The van der Waals surface area contributed by atoms with E-state index in [1.54, 1.807) is 85.0 Å². The minimum Gasteiger partial charge on any atom is -0.508 e. The largest absolute Gasteiger partial charge is 0.508 e. The van der Waals surface area contributed by atoms with E-state index in [1.165, 1.54) is 55.6 Å². The van der Waals surface area contributed by atoms with Crippen LogP contribution in [0.3, 0.4) is 0 Å². The molecule has 0 radical (unpaired) electrons. The van der Waals surface area contributed by atoms with Gasteiger partial charge in [-0.15, -0.1) is 0 Å². The predicted octanol–water partition coefficient (Wildman–Crippen LogP) is 6.06. The molecule has 7 aromatic rings. The first-order valence-electron chi connectivity index (χ1n) is 22.9. The molecule has 384 valence electrons. The highest BCUT2D eigenvalue weighted by Gasteiger charge is 2.43. The van der Waals surface area contributed by atoms with E-state index in [4.69, 9.17) is 9.47 Å². The Hall–Kier alpha value is -8.67. The summed E-state index contributed by atoms with van der Waals surface area (Å²) in [7, 11) is -8.25. The molecule has 0 saturated heterocycles. The molecule has 75 heavy (non-hydrogen) atoms. The van der Waals surface area contributed by atoms with E-state index in [9.17, 15) is 49.5 Å². The first kappa shape index (κ1) is 51.2. The molecule has 23 heteroatoms. The van der Waals surface area contributed by atoms with Crippen LogP contribution in [0.25, 0.3) is 0 Å². The van der Waals surface area contributed by atoms with Crippen LogP contribution in [0.15, 0.2) is 161 Å². The minimum absolute atomic E-state index is 0.00306. The lowest BCUT2D eigenvalue weighted by molar-refractivity contribution is 0.0855. The number of nitrogens with zero attached hydrogens (tertiary/aromatic N) is 6. The summed E-state index contributed by atoms with van der Waals surface area (Å²) in [5, 5.41) is 9.39. The summed E-state index contributed by atoms with van der Waals surface area (Å²) in [5.74, 6) is -0.0649. The number of sulfonamides is 3. The molecule has 4 amide bonds. The Bertz CT molecular complexity index is 3790. The van der Waals surface area contributed by atoms with Crippen LogP contribution in [-0.2, 0) is 49.6 Å². The lowest BCUT2D eigenvalue weighted by Gasteiger charge is -2.22. The summed E-state index contributed by atoms with van der Waals surface area (Å²) in [6.45, 7) is 2.75. The maximum absolute atomic E-state index is 13.4. The van der Waals surface area contributed by atoms with Gasteiger partial charge in [0.2, 0.25) is 0 Å². The predicted molar refractivity (Wildman–Crippen MR) is 272 cm³/mol. The number of rotatable bonds is 10. The van der Waals surface area contributed by atoms with Gasteiger partial charge in [-0.2, -0.15) is 0 Å². The van der Waals surface area contributed by atoms with Gasteiger partial charge in [-0.25, -0.2) is 48.6 Å². The number of hydrogen-bond donors (Lipinski definition) is 2. The van der Waals surface area contributed by atoms with E-state index in [-0.39, 0.29) is 62.7 Å². The molecule has 11 rings (SSSR count). The molecular weight excluding hydrogens is 1030 g/mol. The highest BCUT2D eigenvalue weighted by Crippen LogP contribution is 2.39. The second-order valence-electron chi connectivity index (χ2n) is 17.0. The molecule has 6 heterocycles. The fraction of sp³-hybridized carbons (Fsp3) is 0.154. The molecule has 2 aromatic heterocycles. The Morgan fingerprint density at radius 1 is 0.587 bits per heavy atom. The third kappa shape index (κ3) is 9.82. The number of phenolic OH excluding ortho intramolecular Hbond substituents is 1. The molecule has 5 aromatic carbocycles. The molecule has 0 spiro atoms. The Morgan fingerprint density at radius 2 is 1.16 bits per heavy atom. The highest BCUT2D eigenvalue weighted by atomic mass is 32.2. The van der Waals surface area contributed by atoms with Crippen molar-refractivity contribution in [2.24, 2.45) is 0 Å². The van der Waals surface area contributed by atoms with Gasteiger partial charge in [-0.3, -0.25) is 19.2 Å². The van der Waals surface area contributed by atoms with Crippen molar-refractivity contribution in [3.05, 3.63) is 185 Å². The van der Waals surface area contributed by atoms with Gasteiger partial charge in [0.1, 0.15) is 37.8 Å². The Balaban J connectivity index is 0.000000166. The quantitative estimate of drug-likeness (QED) is 0.158. The molecule has 0 aliphatic carbocycles. The van der Waals surface area contributed by atoms with Crippen LogP contribution >= 0.6 is 0 Å². The zero-order valence-electron chi connectivity index (χ0n) is 40.1. The van der Waals surface area contributed by atoms with Crippen molar-refractivity contribution < 1.29 is 59.0 Å². The smallest absolute Gasteiger partial charge is 0.269 e. The lowest BCUT2D eigenvalue weighted by Crippen LogP contribution is -2.29. The Morgan fingerprint density at radius 3 is 1.77 bits per heavy atom. The first-order chi connectivity index (χ1) is 35.8. The number of carbonyl (C=O) groups is 4. The summed E-state index contributed by atoms with van der Waals surface area (Å²) < 4.78 is 87.7. The monoisotopic (exact) mass is 1070 g/mol. The topological polar surface area (TPSA) is 260 Å². The second kappa shape index (κ2) is 20.3. The number of pyridine rings is 2. The summed E-state index contributed by atoms with van der Waals surface area (Å²) in [6.07, 6.45) is 3.85. The highest BCUT2D eigenvalue weighted by molar-refractivity contribution is 7.91. The lowest BCUT2D eigenvalue weighted by atomic mass is 10.1. The average Bonchev–Trinajstić information content (AvgIpc) is 3.81. The summed E-state index contributed by atoms with van der Waals surface area (Å²) in [5.41, 5.74) is 3.65. The van der Waals surface area contributed by atoms with Gasteiger partial charge in [0.25, 0.3) is 53.7 Å². The standard InChI is InChI=1S/C30H27N5O5S.C14H11NO4S.C8H7NO4S/c1-3-34-27-24(29(36)33(2)25-10-7-14-31-28(25)34)16-21(18-32-27)13-15-40-22-11-12-26-23(17-22)30(37)35(41(26,38)39)19-20-8-5-4-6-9-20;16-11-6-7-13-12(8-11)14(17)15(20(13,18)19)9-10-4-2-1-3-5-10;1-13-5-2-3-7-6(4-5)8(10)9-14(7,11)12/h4-12,14,16-18H,3,13,15,19H2,1-2H3;1-8,16H,9H2;2-4H,1H3,(H,9,10). The number of methoxy groups -OCH3 is 1. The number of phenols is 1. The third-order valence-corrected chi connectivity index (χ3v) is 17.3. The first-order valence-corrected chi connectivity index (χ1v) is 27.3. The fourth-order valence-corrected chi connectivity index (χ4v) is 12.8. The van der Waals surface area contributed by atoms with Crippen LogP contribution in [0.4, 0.5) is 17.3 Å². The summed E-state index contributed by atoms with van der Waals surface area (Å²) in [6, 6.07) is 35.7. The van der Waals surface area contributed by atoms with Gasteiger partial charge >= 0.3 is 0 Å². The van der Waals surface area contributed by atoms with Crippen LogP contribution in [0, 0.1) is 0 Å². The normalized spacial score (nSPS) is 15.9. The zero-order valence-corrected chi connectivity index (χ0v) is 42.6. The number of hydrogen-bond acceptors (Lipinski definition) is 16. The van der Waals surface area contributed by atoms with Gasteiger partial charge < -0.3 is 24.4 Å². The van der Waals surface area contributed by atoms with E-state index in [2.05, 4.69) is 9.97 Å². The SMILES string of the molecule is CCN1c2ncc(CCOc3ccc4c(c3)C(=O)N(Cc3ccccc3)S4(=O)=O)cc2C(=O)N(C)c2cccnc21.COc1ccc2c(c1)C(=O)NS2(=O)=O.O=C1c2cc(O)ccc2S(=O)(=O)N1Cc1ccccc1. The van der Waals surface area contributed by atoms with Crippen LogP contribution in [0.1, 0.15) is 65.0 Å². The van der Waals surface area contributed by atoms with Gasteiger partial charge in [0.15, 0.2) is 5.82 Å². The van der Waals surface area contributed by atoms with Crippen molar-refractivity contribution in [1.29, 1.82) is 0 Å². The number of fused-ring (bicyclic) bond motifs is 5. The number of ether oxygens (including phenoxy) is 2. The number of amides is 4. The van der Waals surface area contributed by atoms with E-state index < -0.39 is 47.8 Å². The van der Waals surface area contributed by atoms with Crippen LogP contribution in [0.5, 0.6) is 17.2 Å². The number of nitrogens with one attached hydrogen (secondary N) is 1. The molecule has 2 N–H and O–H groups in total. The van der Waals surface area contributed by atoms with Gasteiger partial charge in [-0.1, -0.05) is 60.7 Å². The Labute approximate surface area is 431 Å². The van der Waals surface area contributed by atoms with Crippen molar-refractivity contribution in [1.82, 2.24) is 23.3 Å².